The molecule has 1 N–H and O–H groups in total. The molecule has 4 aromatic rings. The molecule has 27 heavy (non-hydrogen) atoms. The Morgan fingerprint density at radius 1 is 1.15 bits per heavy atom. The zero-order chi connectivity index (χ0) is 18.8. The molecule has 4 rings (SSSR count). The predicted octanol–water partition coefficient (Wildman–Crippen LogP) is 3.04. The van der Waals surface area contributed by atoms with Crippen molar-refractivity contribution >= 4 is 0 Å². The van der Waals surface area contributed by atoms with E-state index in [1.807, 2.05) is 55.5 Å². The first-order chi connectivity index (χ1) is 13.2. The summed E-state index contributed by atoms with van der Waals surface area (Å²) >= 11 is 0. The first kappa shape index (κ1) is 16.8. The van der Waals surface area contributed by atoms with Crippen LogP contribution in [0.2, 0.25) is 0 Å². The number of H-pyrrole nitrogens is 1. The largest absolute Gasteiger partial charge is 0.496 e. The number of aromatic amines is 1. The van der Waals surface area contributed by atoms with Gasteiger partial charge in [-0.3, -0.25) is 5.10 Å². The third-order valence-electron chi connectivity index (χ3n) is 4.61. The minimum absolute atomic E-state index is 0.160. The van der Waals surface area contributed by atoms with Crippen LogP contribution in [-0.2, 0) is 0 Å². The van der Waals surface area contributed by atoms with Crippen LogP contribution in [0.1, 0.15) is 18.5 Å². The summed E-state index contributed by atoms with van der Waals surface area (Å²) < 4.78 is 8.50. The standard InChI is InChI=1S/C20H19N5O2/c1-14(15-6-4-3-5-7-15)25-20(26)24(13-23-25)17-8-9-18(19(10-17)27-2)16-11-21-22-12-16/h3-14H,1-2H3,(H,21,22). The van der Waals surface area contributed by atoms with Crippen molar-refractivity contribution in [2.75, 3.05) is 7.11 Å². The summed E-state index contributed by atoms with van der Waals surface area (Å²) in [5.74, 6) is 0.657. The maximum absolute atomic E-state index is 12.9. The lowest BCUT2D eigenvalue weighted by molar-refractivity contribution is 0.416. The van der Waals surface area contributed by atoms with Crippen LogP contribution in [0, 0.1) is 0 Å². The normalized spacial score (nSPS) is 12.1. The average molecular weight is 361 g/mol. The van der Waals surface area contributed by atoms with E-state index >= 15 is 0 Å². The molecule has 7 heteroatoms. The van der Waals surface area contributed by atoms with E-state index in [2.05, 4.69) is 15.3 Å². The predicted molar refractivity (Wildman–Crippen MR) is 102 cm³/mol. The molecule has 0 aliphatic rings. The molecule has 0 saturated carbocycles. The molecule has 0 spiro atoms. The molecule has 2 aromatic heterocycles. The van der Waals surface area contributed by atoms with E-state index in [9.17, 15) is 4.79 Å². The Hall–Kier alpha value is -3.61. The van der Waals surface area contributed by atoms with Crippen molar-refractivity contribution in [3.8, 4) is 22.6 Å². The van der Waals surface area contributed by atoms with Crippen LogP contribution in [0.3, 0.4) is 0 Å². The van der Waals surface area contributed by atoms with Gasteiger partial charge < -0.3 is 4.74 Å². The van der Waals surface area contributed by atoms with Crippen LogP contribution in [-0.4, -0.2) is 31.7 Å². The first-order valence-corrected chi connectivity index (χ1v) is 8.57. The van der Waals surface area contributed by atoms with Crippen molar-refractivity contribution < 1.29 is 4.74 Å². The molecule has 0 saturated heterocycles. The smallest absolute Gasteiger partial charge is 0.350 e. The minimum atomic E-state index is -0.204. The number of nitrogens with one attached hydrogen (secondary N) is 1. The van der Waals surface area contributed by atoms with Gasteiger partial charge >= 0.3 is 5.69 Å². The third-order valence-corrected chi connectivity index (χ3v) is 4.61. The van der Waals surface area contributed by atoms with Gasteiger partial charge in [0.05, 0.1) is 25.0 Å². The van der Waals surface area contributed by atoms with Crippen molar-refractivity contribution in [3.63, 3.8) is 0 Å². The van der Waals surface area contributed by atoms with Gasteiger partial charge in [-0.2, -0.15) is 10.2 Å². The van der Waals surface area contributed by atoms with Gasteiger partial charge in [0.1, 0.15) is 12.1 Å². The topological polar surface area (TPSA) is 77.7 Å². The van der Waals surface area contributed by atoms with Crippen molar-refractivity contribution in [1.82, 2.24) is 24.5 Å². The summed E-state index contributed by atoms with van der Waals surface area (Å²) in [6.07, 6.45) is 5.06. The molecule has 1 atom stereocenters. The maximum Gasteiger partial charge on any atom is 0.350 e. The number of hydrogen-bond acceptors (Lipinski definition) is 4. The van der Waals surface area contributed by atoms with Crippen LogP contribution < -0.4 is 10.4 Å². The molecule has 1 unspecified atom stereocenters. The van der Waals surface area contributed by atoms with Crippen molar-refractivity contribution in [2.24, 2.45) is 0 Å². The lowest BCUT2D eigenvalue weighted by atomic mass is 10.1. The van der Waals surface area contributed by atoms with E-state index in [4.69, 9.17) is 4.74 Å². The summed E-state index contributed by atoms with van der Waals surface area (Å²) in [5, 5.41) is 11.1. The first-order valence-electron chi connectivity index (χ1n) is 8.57. The number of aromatic nitrogens is 5. The molecule has 0 fully saturated rings. The molecule has 2 heterocycles. The average Bonchev–Trinajstić information content (AvgIpc) is 3.37. The fourth-order valence-electron chi connectivity index (χ4n) is 3.10. The number of ether oxygens (including phenoxy) is 1. The van der Waals surface area contributed by atoms with Crippen LogP contribution in [0.15, 0.2) is 72.0 Å². The summed E-state index contributed by atoms with van der Waals surface area (Å²) in [5.41, 5.74) is 3.32. The Morgan fingerprint density at radius 3 is 2.67 bits per heavy atom. The SMILES string of the molecule is COc1cc(-n2cnn(C(C)c3ccccc3)c2=O)ccc1-c1cn[nH]c1. The van der Waals surface area contributed by atoms with Gasteiger partial charge in [0.2, 0.25) is 0 Å². The zero-order valence-corrected chi connectivity index (χ0v) is 15.0. The lowest BCUT2D eigenvalue weighted by Crippen LogP contribution is -2.26. The van der Waals surface area contributed by atoms with Gasteiger partial charge in [0.15, 0.2) is 0 Å². The summed E-state index contributed by atoms with van der Waals surface area (Å²) in [7, 11) is 1.60. The highest BCUT2D eigenvalue weighted by Crippen LogP contribution is 2.31. The minimum Gasteiger partial charge on any atom is -0.496 e. The van der Waals surface area contributed by atoms with Gasteiger partial charge in [0, 0.05) is 23.4 Å². The van der Waals surface area contributed by atoms with E-state index in [-0.39, 0.29) is 11.7 Å². The van der Waals surface area contributed by atoms with Crippen molar-refractivity contribution in [1.29, 1.82) is 0 Å². The highest BCUT2D eigenvalue weighted by molar-refractivity contribution is 5.71. The second-order valence-electron chi connectivity index (χ2n) is 6.19. The van der Waals surface area contributed by atoms with Crippen molar-refractivity contribution in [2.45, 2.75) is 13.0 Å². The Labute approximate surface area is 155 Å². The monoisotopic (exact) mass is 361 g/mol. The Kier molecular flexibility index (Phi) is 4.33. The number of rotatable bonds is 5. The molecular weight excluding hydrogens is 342 g/mol. The molecular formula is C20H19N5O2. The molecule has 2 aromatic carbocycles. The number of methoxy groups -OCH3 is 1. The lowest BCUT2D eigenvalue weighted by Gasteiger charge is -2.11. The second kappa shape index (κ2) is 6.95. The van der Waals surface area contributed by atoms with E-state index in [0.29, 0.717) is 11.4 Å². The molecule has 0 amide bonds. The number of hydrogen-bond donors (Lipinski definition) is 1. The number of benzene rings is 2. The molecule has 0 bridgehead atoms. The van der Waals surface area contributed by atoms with Crippen LogP contribution in [0.5, 0.6) is 5.75 Å². The second-order valence-corrected chi connectivity index (χ2v) is 6.19. The van der Waals surface area contributed by atoms with E-state index in [1.165, 1.54) is 15.6 Å². The molecule has 0 radical (unpaired) electrons. The molecule has 7 nitrogen and oxygen atoms in total. The highest BCUT2D eigenvalue weighted by atomic mass is 16.5. The molecule has 0 aliphatic carbocycles. The maximum atomic E-state index is 12.9. The Balaban J connectivity index is 1.73. The van der Waals surface area contributed by atoms with Crippen molar-refractivity contribution in [3.05, 3.63) is 83.3 Å². The number of nitrogens with zero attached hydrogens (tertiary/aromatic N) is 4. The van der Waals surface area contributed by atoms with E-state index in [1.54, 1.807) is 19.5 Å². The fourth-order valence-corrected chi connectivity index (χ4v) is 3.10. The van der Waals surface area contributed by atoms with Gasteiger partial charge in [-0.1, -0.05) is 30.3 Å². The third kappa shape index (κ3) is 3.03. The van der Waals surface area contributed by atoms with Gasteiger partial charge in [-0.05, 0) is 24.6 Å². The highest BCUT2D eigenvalue weighted by Gasteiger charge is 2.16. The molecule has 136 valence electrons. The Morgan fingerprint density at radius 2 is 1.96 bits per heavy atom. The fraction of sp³-hybridized carbons (Fsp3) is 0.150. The van der Waals surface area contributed by atoms with Crippen LogP contribution in [0.25, 0.3) is 16.8 Å². The summed E-state index contributed by atoms with van der Waals surface area (Å²) in [6, 6.07) is 15.3. The van der Waals surface area contributed by atoms with Gasteiger partial charge in [-0.25, -0.2) is 14.0 Å². The summed E-state index contributed by atoms with van der Waals surface area (Å²) in [4.78, 5) is 12.9. The van der Waals surface area contributed by atoms with Crippen LogP contribution >= 0.6 is 0 Å². The van der Waals surface area contributed by atoms with Gasteiger partial charge in [-0.15, -0.1) is 0 Å². The van der Waals surface area contributed by atoms with Gasteiger partial charge in [0.25, 0.3) is 0 Å². The van der Waals surface area contributed by atoms with E-state index < -0.39 is 0 Å². The van der Waals surface area contributed by atoms with E-state index in [0.717, 1.165) is 16.7 Å². The van der Waals surface area contributed by atoms with Crippen LogP contribution in [0.4, 0.5) is 0 Å². The summed E-state index contributed by atoms with van der Waals surface area (Å²) in [6.45, 7) is 1.96. The quantitative estimate of drug-likeness (QED) is 0.593. The zero-order valence-electron chi connectivity index (χ0n) is 15.0. The molecule has 0 aliphatic heterocycles. The Bertz CT molecular complexity index is 1100.